The van der Waals surface area contributed by atoms with Crippen molar-refractivity contribution >= 4 is 6.29 Å². The van der Waals surface area contributed by atoms with E-state index in [0.717, 1.165) is 25.3 Å². The van der Waals surface area contributed by atoms with E-state index < -0.39 is 0 Å². The van der Waals surface area contributed by atoms with E-state index in [4.69, 9.17) is 4.74 Å². The van der Waals surface area contributed by atoms with E-state index in [1.54, 1.807) is 7.11 Å². The predicted molar refractivity (Wildman–Crippen MR) is 47.1 cm³/mol. The molecule has 1 aliphatic heterocycles. The highest BCUT2D eigenvalue weighted by Gasteiger charge is 2.25. The maximum Gasteiger partial charge on any atom is 0.139 e. The lowest BCUT2D eigenvalue weighted by molar-refractivity contribution is -0.113. The minimum absolute atomic E-state index is 0.0278. The molecule has 70 valence electrons. The average Bonchev–Trinajstić information content (AvgIpc) is 2.47. The normalized spacial score (nSPS) is 27.3. The number of hydrogen-bond donors (Lipinski definition) is 0. The molecule has 12 heavy (non-hydrogen) atoms. The summed E-state index contributed by atoms with van der Waals surface area (Å²) in [6, 6.07) is -0.0278. The van der Waals surface area contributed by atoms with E-state index in [1.807, 2.05) is 0 Å². The van der Waals surface area contributed by atoms with Crippen LogP contribution in [0.3, 0.4) is 0 Å². The lowest BCUT2D eigenvalue weighted by Gasteiger charge is -2.21. The molecule has 3 heteroatoms. The molecule has 0 aromatic heterocycles. The molecule has 0 saturated carbocycles. The van der Waals surface area contributed by atoms with Gasteiger partial charge in [-0.1, -0.05) is 6.92 Å². The largest absolute Gasteiger partial charge is 0.383 e. The summed E-state index contributed by atoms with van der Waals surface area (Å²) in [6.07, 6.45) is 2.19. The van der Waals surface area contributed by atoms with Crippen molar-refractivity contribution in [1.29, 1.82) is 0 Å². The third-order valence-corrected chi connectivity index (χ3v) is 2.42. The molecule has 0 aromatic rings. The Labute approximate surface area is 73.7 Å². The van der Waals surface area contributed by atoms with Gasteiger partial charge in [0.1, 0.15) is 6.29 Å². The second-order valence-corrected chi connectivity index (χ2v) is 3.55. The number of carbonyl (C=O) groups excluding carboxylic acids is 1. The van der Waals surface area contributed by atoms with E-state index in [-0.39, 0.29) is 6.04 Å². The maximum absolute atomic E-state index is 10.7. The van der Waals surface area contributed by atoms with Crippen LogP contribution in [0, 0.1) is 5.92 Å². The quantitative estimate of drug-likeness (QED) is 0.578. The van der Waals surface area contributed by atoms with Crippen LogP contribution < -0.4 is 0 Å². The summed E-state index contributed by atoms with van der Waals surface area (Å²) in [5.74, 6) is 0.726. The van der Waals surface area contributed by atoms with Crippen molar-refractivity contribution in [3.63, 3.8) is 0 Å². The van der Waals surface area contributed by atoms with E-state index in [9.17, 15) is 4.79 Å². The fraction of sp³-hybridized carbons (Fsp3) is 0.889. The molecule has 1 aliphatic rings. The van der Waals surface area contributed by atoms with Gasteiger partial charge in [0.05, 0.1) is 12.6 Å². The van der Waals surface area contributed by atoms with Crippen molar-refractivity contribution in [3.8, 4) is 0 Å². The van der Waals surface area contributed by atoms with E-state index >= 15 is 0 Å². The number of carbonyl (C=O) groups is 1. The third-order valence-electron chi connectivity index (χ3n) is 2.42. The minimum Gasteiger partial charge on any atom is -0.383 e. The first kappa shape index (κ1) is 9.68. The summed E-state index contributed by atoms with van der Waals surface area (Å²) >= 11 is 0. The smallest absolute Gasteiger partial charge is 0.139 e. The lowest BCUT2D eigenvalue weighted by atomic mass is 10.2. The fourth-order valence-electron chi connectivity index (χ4n) is 1.67. The van der Waals surface area contributed by atoms with Crippen LogP contribution in [-0.4, -0.2) is 44.0 Å². The van der Waals surface area contributed by atoms with Gasteiger partial charge in [0.25, 0.3) is 0 Å². The lowest BCUT2D eigenvalue weighted by Crippen LogP contribution is -2.37. The molecule has 1 fully saturated rings. The number of nitrogens with zero attached hydrogens (tertiary/aromatic N) is 1. The van der Waals surface area contributed by atoms with E-state index in [2.05, 4.69) is 11.8 Å². The van der Waals surface area contributed by atoms with E-state index in [0.29, 0.717) is 6.61 Å². The van der Waals surface area contributed by atoms with Gasteiger partial charge in [0, 0.05) is 13.7 Å². The topological polar surface area (TPSA) is 29.5 Å². The van der Waals surface area contributed by atoms with Crippen LogP contribution in [0.2, 0.25) is 0 Å². The Morgan fingerprint density at radius 1 is 1.75 bits per heavy atom. The van der Waals surface area contributed by atoms with Crippen molar-refractivity contribution < 1.29 is 9.53 Å². The molecule has 0 spiro atoms. The van der Waals surface area contributed by atoms with Gasteiger partial charge < -0.3 is 9.53 Å². The van der Waals surface area contributed by atoms with Gasteiger partial charge in [-0.25, -0.2) is 0 Å². The summed E-state index contributed by atoms with van der Waals surface area (Å²) in [7, 11) is 1.63. The highest BCUT2D eigenvalue weighted by molar-refractivity contribution is 5.57. The van der Waals surface area contributed by atoms with Crippen LogP contribution in [-0.2, 0) is 9.53 Å². The van der Waals surface area contributed by atoms with Crippen LogP contribution in [0.5, 0.6) is 0 Å². The van der Waals surface area contributed by atoms with Crippen molar-refractivity contribution in [2.75, 3.05) is 26.8 Å². The molecule has 0 N–H and O–H groups in total. The van der Waals surface area contributed by atoms with Crippen LogP contribution in [0.25, 0.3) is 0 Å². The summed E-state index contributed by atoms with van der Waals surface area (Å²) in [5, 5.41) is 0. The summed E-state index contributed by atoms with van der Waals surface area (Å²) < 4.78 is 4.97. The number of rotatable bonds is 4. The zero-order chi connectivity index (χ0) is 8.97. The van der Waals surface area contributed by atoms with Crippen molar-refractivity contribution in [3.05, 3.63) is 0 Å². The first-order valence-corrected chi connectivity index (χ1v) is 4.46. The monoisotopic (exact) mass is 171 g/mol. The van der Waals surface area contributed by atoms with Gasteiger partial charge in [-0.15, -0.1) is 0 Å². The van der Waals surface area contributed by atoms with Gasteiger partial charge in [0.15, 0.2) is 0 Å². The molecule has 1 heterocycles. The molecule has 0 bridgehead atoms. The molecule has 0 amide bonds. The first-order valence-electron chi connectivity index (χ1n) is 4.46. The zero-order valence-corrected chi connectivity index (χ0v) is 7.82. The van der Waals surface area contributed by atoms with Crippen LogP contribution in [0.1, 0.15) is 13.3 Å². The molecule has 1 unspecified atom stereocenters. The van der Waals surface area contributed by atoms with Gasteiger partial charge in [0.2, 0.25) is 0 Å². The molecular weight excluding hydrogens is 154 g/mol. The summed E-state index contributed by atoms with van der Waals surface area (Å²) in [4.78, 5) is 12.9. The molecule has 0 aromatic carbocycles. The van der Waals surface area contributed by atoms with Crippen molar-refractivity contribution in [2.24, 2.45) is 5.92 Å². The standard InChI is InChI=1S/C9H17NO2/c1-8-3-4-10(5-8)9(6-11)7-12-2/h6,8-9H,3-5,7H2,1-2H3/t8-,9?/m0/s1. The first-order chi connectivity index (χ1) is 5.77. The number of methoxy groups -OCH3 is 1. The molecule has 1 saturated heterocycles. The Bertz CT molecular complexity index is 149. The minimum atomic E-state index is -0.0278. The summed E-state index contributed by atoms with van der Waals surface area (Å²) in [5.41, 5.74) is 0. The number of hydrogen-bond acceptors (Lipinski definition) is 3. The Balaban J connectivity index is 2.38. The van der Waals surface area contributed by atoms with Crippen molar-refractivity contribution in [2.45, 2.75) is 19.4 Å². The summed E-state index contributed by atoms with van der Waals surface area (Å²) in [6.45, 7) is 4.81. The number of aldehydes is 1. The molecule has 2 atom stereocenters. The van der Waals surface area contributed by atoms with Crippen LogP contribution >= 0.6 is 0 Å². The highest BCUT2D eigenvalue weighted by atomic mass is 16.5. The van der Waals surface area contributed by atoms with Crippen LogP contribution in [0.15, 0.2) is 0 Å². The van der Waals surface area contributed by atoms with Gasteiger partial charge in [-0.3, -0.25) is 4.90 Å². The molecule has 3 nitrogen and oxygen atoms in total. The highest BCUT2D eigenvalue weighted by Crippen LogP contribution is 2.16. The average molecular weight is 171 g/mol. The van der Waals surface area contributed by atoms with E-state index in [1.165, 1.54) is 6.42 Å². The molecule has 0 radical (unpaired) electrons. The fourth-order valence-corrected chi connectivity index (χ4v) is 1.67. The zero-order valence-electron chi connectivity index (χ0n) is 7.82. The van der Waals surface area contributed by atoms with Crippen LogP contribution in [0.4, 0.5) is 0 Å². The van der Waals surface area contributed by atoms with Crippen molar-refractivity contribution in [1.82, 2.24) is 4.90 Å². The number of ether oxygens (including phenoxy) is 1. The van der Waals surface area contributed by atoms with Gasteiger partial charge >= 0.3 is 0 Å². The second kappa shape index (κ2) is 4.58. The maximum atomic E-state index is 10.7. The molecular formula is C9H17NO2. The number of likely N-dealkylation sites (tertiary alicyclic amines) is 1. The second-order valence-electron chi connectivity index (χ2n) is 3.55. The SMILES string of the molecule is COCC(C=O)N1CC[C@H](C)C1. The molecule has 1 rings (SSSR count). The Morgan fingerprint density at radius 3 is 2.92 bits per heavy atom. The Kier molecular flexibility index (Phi) is 3.69. The predicted octanol–water partition coefficient (Wildman–Crippen LogP) is 0.542. The van der Waals surface area contributed by atoms with Gasteiger partial charge in [-0.2, -0.15) is 0 Å². The van der Waals surface area contributed by atoms with Gasteiger partial charge in [-0.05, 0) is 18.9 Å². The Morgan fingerprint density at radius 2 is 2.50 bits per heavy atom. The third kappa shape index (κ3) is 2.29. The Hall–Kier alpha value is -0.410. The molecule has 0 aliphatic carbocycles.